The van der Waals surface area contributed by atoms with Crippen LogP contribution in [0.1, 0.15) is 41.7 Å². The van der Waals surface area contributed by atoms with Crippen LogP contribution in [0.3, 0.4) is 0 Å². The van der Waals surface area contributed by atoms with Crippen LogP contribution in [0.15, 0.2) is 77.6 Å². The van der Waals surface area contributed by atoms with Crippen LogP contribution < -0.4 is 14.8 Å². The molecule has 1 N–H and O–H groups in total. The van der Waals surface area contributed by atoms with Gasteiger partial charge in [0.05, 0.1) is 7.11 Å². The van der Waals surface area contributed by atoms with E-state index in [4.69, 9.17) is 14.0 Å². The third kappa shape index (κ3) is 5.40. The Kier molecular flexibility index (Phi) is 7.17. The van der Waals surface area contributed by atoms with E-state index in [1.54, 1.807) is 43.8 Å². The number of benzene rings is 2. The number of nitrogens with zero attached hydrogens (tertiary/aromatic N) is 3. The Labute approximate surface area is 198 Å². The molecular formula is C26H26N4O4. The molecule has 0 aliphatic heterocycles. The Morgan fingerprint density at radius 1 is 1.06 bits per heavy atom. The van der Waals surface area contributed by atoms with E-state index in [1.807, 2.05) is 50.2 Å². The standard InChI is InChI=1S/C26H26N4O4/c1-17(2)23(26-29-24(30-34-26)20-10-7-13-27-15-20)28-25(31)19-11-12-21(22(14-19)32-3)33-16-18-8-5-4-6-9-18/h4-15,17,23H,16H2,1-3H3,(H,28,31). The van der Waals surface area contributed by atoms with E-state index in [2.05, 4.69) is 20.4 Å². The topological polar surface area (TPSA) is 99.4 Å². The van der Waals surface area contributed by atoms with Gasteiger partial charge in [-0.05, 0) is 41.8 Å². The molecule has 34 heavy (non-hydrogen) atoms. The Morgan fingerprint density at radius 2 is 1.88 bits per heavy atom. The zero-order chi connectivity index (χ0) is 23.9. The van der Waals surface area contributed by atoms with E-state index in [0.29, 0.717) is 35.4 Å². The summed E-state index contributed by atoms with van der Waals surface area (Å²) >= 11 is 0. The van der Waals surface area contributed by atoms with Gasteiger partial charge in [0, 0.05) is 23.5 Å². The van der Waals surface area contributed by atoms with Gasteiger partial charge in [0.1, 0.15) is 12.6 Å². The largest absolute Gasteiger partial charge is 0.493 e. The summed E-state index contributed by atoms with van der Waals surface area (Å²) in [6.45, 7) is 4.34. The third-order valence-corrected chi connectivity index (χ3v) is 5.24. The molecule has 1 atom stereocenters. The third-order valence-electron chi connectivity index (χ3n) is 5.24. The molecule has 4 rings (SSSR count). The highest BCUT2D eigenvalue weighted by Crippen LogP contribution is 2.30. The predicted octanol–water partition coefficient (Wildman–Crippen LogP) is 4.85. The number of rotatable bonds is 9. The lowest BCUT2D eigenvalue weighted by atomic mass is 10.0. The monoisotopic (exact) mass is 458 g/mol. The first-order valence-corrected chi connectivity index (χ1v) is 10.9. The van der Waals surface area contributed by atoms with Gasteiger partial charge >= 0.3 is 0 Å². The van der Waals surface area contributed by atoms with Crippen molar-refractivity contribution in [2.75, 3.05) is 7.11 Å². The van der Waals surface area contributed by atoms with E-state index < -0.39 is 6.04 Å². The van der Waals surface area contributed by atoms with Crippen LogP contribution in [-0.2, 0) is 6.61 Å². The van der Waals surface area contributed by atoms with Gasteiger partial charge in [-0.2, -0.15) is 4.98 Å². The summed E-state index contributed by atoms with van der Waals surface area (Å²) in [6.07, 6.45) is 3.33. The number of ether oxygens (including phenoxy) is 2. The number of aromatic nitrogens is 3. The Bertz CT molecular complexity index is 1230. The van der Waals surface area contributed by atoms with Crippen LogP contribution >= 0.6 is 0 Å². The molecule has 0 fully saturated rings. The highest BCUT2D eigenvalue weighted by atomic mass is 16.5. The smallest absolute Gasteiger partial charge is 0.252 e. The highest BCUT2D eigenvalue weighted by Gasteiger charge is 2.26. The van der Waals surface area contributed by atoms with Crippen LogP contribution in [0, 0.1) is 5.92 Å². The SMILES string of the molecule is COc1cc(C(=O)NC(c2nc(-c3cccnc3)no2)C(C)C)ccc1OCc1ccccc1. The molecule has 0 aliphatic rings. The maximum absolute atomic E-state index is 13.1. The number of carbonyl (C=O) groups excluding carboxylic acids is 1. The first-order chi connectivity index (χ1) is 16.5. The van der Waals surface area contributed by atoms with Gasteiger partial charge in [0.25, 0.3) is 5.91 Å². The molecular weight excluding hydrogens is 432 g/mol. The minimum absolute atomic E-state index is 0.0153. The maximum Gasteiger partial charge on any atom is 0.252 e. The molecule has 2 aromatic carbocycles. The van der Waals surface area contributed by atoms with Gasteiger partial charge in [-0.15, -0.1) is 0 Å². The van der Waals surface area contributed by atoms with Gasteiger partial charge in [-0.1, -0.05) is 49.3 Å². The van der Waals surface area contributed by atoms with Crippen molar-refractivity contribution in [2.45, 2.75) is 26.5 Å². The summed E-state index contributed by atoms with van der Waals surface area (Å²) in [5.74, 6) is 1.51. The van der Waals surface area contributed by atoms with Crippen molar-refractivity contribution in [1.82, 2.24) is 20.4 Å². The van der Waals surface area contributed by atoms with Gasteiger partial charge in [-0.3, -0.25) is 9.78 Å². The van der Waals surface area contributed by atoms with E-state index in [1.165, 1.54) is 0 Å². The van der Waals surface area contributed by atoms with Crippen molar-refractivity contribution in [2.24, 2.45) is 5.92 Å². The van der Waals surface area contributed by atoms with Crippen LogP contribution in [0.5, 0.6) is 11.5 Å². The second-order valence-corrected chi connectivity index (χ2v) is 8.03. The van der Waals surface area contributed by atoms with E-state index in [0.717, 1.165) is 11.1 Å². The lowest BCUT2D eigenvalue weighted by Crippen LogP contribution is -2.32. The molecule has 0 bridgehead atoms. The van der Waals surface area contributed by atoms with Crippen molar-refractivity contribution in [3.8, 4) is 22.9 Å². The fourth-order valence-corrected chi connectivity index (χ4v) is 3.38. The zero-order valence-corrected chi connectivity index (χ0v) is 19.3. The van der Waals surface area contributed by atoms with Crippen LogP contribution in [0.25, 0.3) is 11.4 Å². The predicted molar refractivity (Wildman–Crippen MR) is 126 cm³/mol. The van der Waals surface area contributed by atoms with Crippen molar-refractivity contribution >= 4 is 5.91 Å². The number of carbonyl (C=O) groups is 1. The number of nitrogens with one attached hydrogen (secondary N) is 1. The average molecular weight is 459 g/mol. The summed E-state index contributed by atoms with van der Waals surface area (Å²) < 4.78 is 16.8. The maximum atomic E-state index is 13.1. The second-order valence-electron chi connectivity index (χ2n) is 8.03. The van der Waals surface area contributed by atoms with E-state index >= 15 is 0 Å². The van der Waals surface area contributed by atoms with E-state index in [9.17, 15) is 4.79 Å². The normalized spacial score (nSPS) is 11.8. The van der Waals surface area contributed by atoms with Gasteiger partial charge < -0.3 is 19.3 Å². The van der Waals surface area contributed by atoms with Crippen LogP contribution in [0.4, 0.5) is 0 Å². The van der Waals surface area contributed by atoms with Gasteiger partial charge in [-0.25, -0.2) is 0 Å². The summed E-state index contributed by atoms with van der Waals surface area (Å²) in [4.78, 5) is 21.6. The van der Waals surface area contributed by atoms with E-state index in [-0.39, 0.29) is 11.8 Å². The van der Waals surface area contributed by atoms with Crippen molar-refractivity contribution < 1.29 is 18.8 Å². The van der Waals surface area contributed by atoms with Gasteiger partial charge in [0.2, 0.25) is 11.7 Å². The molecule has 0 spiro atoms. The number of amides is 1. The lowest BCUT2D eigenvalue weighted by Gasteiger charge is -2.19. The molecule has 0 aliphatic carbocycles. The summed E-state index contributed by atoms with van der Waals surface area (Å²) in [7, 11) is 1.54. The second kappa shape index (κ2) is 10.6. The minimum Gasteiger partial charge on any atom is -0.493 e. The molecule has 174 valence electrons. The molecule has 0 saturated carbocycles. The first-order valence-electron chi connectivity index (χ1n) is 10.9. The van der Waals surface area contributed by atoms with Crippen LogP contribution in [0.2, 0.25) is 0 Å². The van der Waals surface area contributed by atoms with Crippen molar-refractivity contribution in [3.05, 3.63) is 90.1 Å². The average Bonchev–Trinajstić information content (AvgIpc) is 3.36. The Hall–Kier alpha value is -4.20. The molecule has 0 radical (unpaired) electrons. The quantitative estimate of drug-likeness (QED) is 0.383. The number of methoxy groups -OCH3 is 1. The van der Waals surface area contributed by atoms with Crippen molar-refractivity contribution in [3.63, 3.8) is 0 Å². The fourth-order valence-electron chi connectivity index (χ4n) is 3.38. The Balaban J connectivity index is 1.48. The number of hydrogen-bond acceptors (Lipinski definition) is 7. The Morgan fingerprint density at radius 3 is 2.59 bits per heavy atom. The molecule has 8 heteroatoms. The van der Waals surface area contributed by atoms with Crippen molar-refractivity contribution in [1.29, 1.82) is 0 Å². The molecule has 2 heterocycles. The fraction of sp³-hybridized carbons (Fsp3) is 0.231. The summed E-state index contributed by atoms with van der Waals surface area (Å²) in [6, 6.07) is 18.1. The highest BCUT2D eigenvalue weighted by molar-refractivity contribution is 5.95. The first kappa shape index (κ1) is 23.0. The molecule has 1 unspecified atom stereocenters. The molecule has 2 aromatic heterocycles. The molecule has 0 saturated heterocycles. The van der Waals surface area contributed by atoms with Gasteiger partial charge in [0.15, 0.2) is 11.5 Å². The number of pyridine rings is 1. The van der Waals surface area contributed by atoms with Crippen LogP contribution in [-0.4, -0.2) is 28.1 Å². The lowest BCUT2D eigenvalue weighted by molar-refractivity contribution is 0.0913. The minimum atomic E-state index is -0.467. The summed E-state index contributed by atoms with van der Waals surface area (Å²) in [5, 5.41) is 7.04. The molecule has 4 aromatic rings. The summed E-state index contributed by atoms with van der Waals surface area (Å²) in [5.41, 5.74) is 2.21. The zero-order valence-electron chi connectivity index (χ0n) is 19.3. The molecule has 8 nitrogen and oxygen atoms in total. The number of hydrogen-bond donors (Lipinski definition) is 1. The molecule has 1 amide bonds.